The van der Waals surface area contributed by atoms with Gasteiger partial charge in [-0.15, -0.1) is 0 Å². The van der Waals surface area contributed by atoms with Gasteiger partial charge in [-0.2, -0.15) is 0 Å². The van der Waals surface area contributed by atoms with Crippen molar-refractivity contribution >= 4 is 6.09 Å². The zero-order valence-electron chi connectivity index (χ0n) is 11.4. The number of carbonyl (C=O) groups is 1. The molecule has 2 atom stereocenters. The Morgan fingerprint density at radius 1 is 1.35 bits per heavy atom. The third-order valence-corrected chi connectivity index (χ3v) is 3.36. The molecule has 4 nitrogen and oxygen atoms in total. The highest BCUT2D eigenvalue weighted by molar-refractivity contribution is 5.68. The number of amides is 1. The molecule has 1 aliphatic rings. The molecule has 0 aromatic rings. The molecule has 0 aliphatic heterocycles. The molecule has 1 amide bonds. The quantitative estimate of drug-likeness (QED) is 0.762. The number of hydrogen-bond acceptors (Lipinski definition) is 3. The van der Waals surface area contributed by atoms with Crippen molar-refractivity contribution in [1.82, 2.24) is 4.90 Å². The largest absolute Gasteiger partial charge is 0.450 e. The van der Waals surface area contributed by atoms with Crippen LogP contribution in [0.25, 0.3) is 0 Å². The molecule has 0 bridgehead atoms. The predicted octanol–water partition coefficient (Wildman–Crippen LogP) is 2.81. The third kappa shape index (κ3) is 3.60. The second-order valence-corrected chi connectivity index (χ2v) is 4.83. The first-order valence-electron chi connectivity index (χ1n) is 6.59. The second kappa shape index (κ2) is 6.84. The van der Waals surface area contributed by atoms with Gasteiger partial charge in [0.25, 0.3) is 0 Å². The maximum Gasteiger partial charge on any atom is 0.410 e. The Bertz CT molecular complexity index is 243. The zero-order valence-corrected chi connectivity index (χ0v) is 11.4. The molecule has 0 heterocycles. The highest BCUT2D eigenvalue weighted by Crippen LogP contribution is 2.27. The van der Waals surface area contributed by atoms with Crippen LogP contribution in [-0.4, -0.2) is 42.9 Å². The van der Waals surface area contributed by atoms with Crippen molar-refractivity contribution in [2.75, 3.05) is 13.7 Å². The van der Waals surface area contributed by atoms with Crippen molar-refractivity contribution in [3.63, 3.8) is 0 Å². The van der Waals surface area contributed by atoms with E-state index in [4.69, 9.17) is 9.47 Å². The van der Waals surface area contributed by atoms with E-state index in [2.05, 4.69) is 0 Å². The molecule has 100 valence electrons. The SMILES string of the molecule is CCOC(=O)N(C(C)C)C1CCCCC1OC. The van der Waals surface area contributed by atoms with Crippen LogP contribution >= 0.6 is 0 Å². The lowest BCUT2D eigenvalue weighted by atomic mass is 9.90. The van der Waals surface area contributed by atoms with Gasteiger partial charge >= 0.3 is 6.09 Å². The fraction of sp³-hybridized carbons (Fsp3) is 0.923. The molecule has 0 radical (unpaired) electrons. The minimum Gasteiger partial charge on any atom is -0.450 e. The number of ether oxygens (including phenoxy) is 2. The van der Waals surface area contributed by atoms with Gasteiger partial charge in [-0.1, -0.05) is 12.8 Å². The summed E-state index contributed by atoms with van der Waals surface area (Å²) in [5, 5.41) is 0. The van der Waals surface area contributed by atoms with Crippen molar-refractivity contribution in [3.05, 3.63) is 0 Å². The summed E-state index contributed by atoms with van der Waals surface area (Å²) >= 11 is 0. The number of hydrogen-bond donors (Lipinski definition) is 0. The van der Waals surface area contributed by atoms with Crippen LogP contribution < -0.4 is 0 Å². The van der Waals surface area contributed by atoms with Crippen molar-refractivity contribution in [1.29, 1.82) is 0 Å². The molecule has 4 heteroatoms. The maximum atomic E-state index is 12.0. The van der Waals surface area contributed by atoms with E-state index in [-0.39, 0.29) is 24.3 Å². The molecule has 0 aromatic carbocycles. The second-order valence-electron chi connectivity index (χ2n) is 4.83. The molecular formula is C13H25NO3. The minimum absolute atomic E-state index is 0.148. The first-order chi connectivity index (χ1) is 8.11. The van der Waals surface area contributed by atoms with Crippen LogP contribution in [0.4, 0.5) is 4.79 Å². The number of rotatable bonds is 4. The molecular weight excluding hydrogens is 218 g/mol. The molecule has 0 aromatic heterocycles. The highest BCUT2D eigenvalue weighted by Gasteiger charge is 2.35. The molecule has 2 unspecified atom stereocenters. The first kappa shape index (κ1) is 14.3. The highest BCUT2D eigenvalue weighted by atomic mass is 16.6. The summed E-state index contributed by atoms with van der Waals surface area (Å²) in [6, 6.07) is 0.308. The Balaban J connectivity index is 2.77. The van der Waals surface area contributed by atoms with Crippen molar-refractivity contribution in [2.45, 2.75) is 64.6 Å². The average Bonchev–Trinajstić information content (AvgIpc) is 2.30. The predicted molar refractivity (Wildman–Crippen MR) is 67.1 cm³/mol. The lowest BCUT2D eigenvalue weighted by molar-refractivity contribution is -0.0207. The van der Waals surface area contributed by atoms with E-state index < -0.39 is 0 Å². The van der Waals surface area contributed by atoms with Crippen LogP contribution in [-0.2, 0) is 9.47 Å². The van der Waals surface area contributed by atoms with E-state index in [1.807, 2.05) is 25.7 Å². The van der Waals surface area contributed by atoms with E-state index in [9.17, 15) is 4.79 Å². The molecule has 0 saturated heterocycles. The van der Waals surface area contributed by atoms with Crippen LogP contribution in [0.5, 0.6) is 0 Å². The van der Waals surface area contributed by atoms with E-state index in [0.717, 1.165) is 19.3 Å². The van der Waals surface area contributed by atoms with E-state index in [0.29, 0.717) is 6.61 Å². The van der Waals surface area contributed by atoms with Crippen LogP contribution in [0, 0.1) is 0 Å². The molecule has 0 N–H and O–H groups in total. The van der Waals surface area contributed by atoms with Gasteiger partial charge in [0.15, 0.2) is 0 Å². The van der Waals surface area contributed by atoms with Gasteiger partial charge in [-0.05, 0) is 33.6 Å². The summed E-state index contributed by atoms with van der Waals surface area (Å²) in [4.78, 5) is 13.8. The normalized spacial score (nSPS) is 24.8. The Kier molecular flexibility index (Phi) is 5.75. The van der Waals surface area contributed by atoms with Gasteiger partial charge in [0.05, 0.1) is 18.8 Å². The first-order valence-corrected chi connectivity index (χ1v) is 6.59. The van der Waals surface area contributed by atoms with Gasteiger partial charge in [0.1, 0.15) is 0 Å². The van der Waals surface area contributed by atoms with Gasteiger partial charge in [0.2, 0.25) is 0 Å². The summed E-state index contributed by atoms with van der Waals surface area (Å²) < 4.78 is 10.7. The Morgan fingerprint density at radius 3 is 2.53 bits per heavy atom. The van der Waals surface area contributed by atoms with E-state index in [1.165, 1.54) is 6.42 Å². The molecule has 1 saturated carbocycles. The fourth-order valence-corrected chi connectivity index (χ4v) is 2.60. The fourth-order valence-electron chi connectivity index (χ4n) is 2.60. The smallest absolute Gasteiger partial charge is 0.410 e. The molecule has 1 rings (SSSR count). The van der Waals surface area contributed by atoms with Gasteiger partial charge in [-0.25, -0.2) is 4.79 Å². The van der Waals surface area contributed by atoms with E-state index >= 15 is 0 Å². The lowest BCUT2D eigenvalue weighted by Crippen LogP contribution is -2.52. The summed E-state index contributed by atoms with van der Waals surface area (Å²) in [6.07, 6.45) is 4.32. The minimum atomic E-state index is -0.212. The molecule has 0 spiro atoms. The van der Waals surface area contributed by atoms with Crippen molar-refractivity contribution in [3.8, 4) is 0 Å². The van der Waals surface area contributed by atoms with Crippen LogP contribution in [0.1, 0.15) is 46.5 Å². The number of methoxy groups -OCH3 is 1. The summed E-state index contributed by atoms with van der Waals surface area (Å²) in [7, 11) is 1.73. The Hall–Kier alpha value is -0.770. The summed E-state index contributed by atoms with van der Waals surface area (Å²) in [5.74, 6) is 0. The van der Waals surface area contributed by atoms with Crippen molar-refractivity contribution < 1.29 is 14.3 Å². The topological polar surface area (TPSA) is 38.8 Å². The summed E-state index contributed by atoms with van der Waals surface area (Å²) in [6.45, 7) is 6.31. The third-order valence-electron chi connectivity index (χ3n) is 3.36. The standard InChI is InChI=1S/C13H25NO3/c1-5-17-13(15)14(10(2)3)11-8-6-7-9-12(11)16-4/h10-12H,5-9H2,1-4H3. The van der Waals surface area contributed by atoms with Gasteiger partial charge in [-0.3, -0.25) is 0 Å². The van der Waals surface area contributed by atoms with E-state index in [1.54, 1.807) is 7.11 Å². The average molecular weight is 243 g/mol. The zero-order chi connectivity index (χ0) is 12.8. The van der Waals surface area contributed by atoms with Gasteiger partial charge in [0, 0.05) is 13.2 Å². The molecule has 1 aliphatic carbocycles. The van der Waals surface area contributed by atoms with Crippen LogP contribution in [0.15, 0.2) is 0 Å². The molecule has 1 fully saturated rings. The monoisotopic (exact) mass is 243 g/mol. The molecule has 17 heavy (non-hydrogen) atoms. The van der Waals surface area contributed by atoms with Crippen LogP contribution in [0.3, 0.4) is 0 Å². The Morgan fingerprint density at radius 2 is 2.00 bits per heavy atom. The summed E-state index contributed by atoms with van der Waals surface area (Å²) in [5.41, 5.74) is 0. The van der Waals surface area contributed by atoms with Gasteiger partial charge < -0.3 is 14.4 Å². The van der Waals surface area contributed by atoms with Crippen molar-refractivity contribution in [2.24, 2.45) is 0 Å². The number of nitrogens with zero attached hydrogens (tertiary/aromatic N) is 1. The Labute approximate surface area is 104 Å². The van der Waals surface area contributed by atoms with Crippen LogP contribution in [0.2, 0.25) is 0 Å². The maximum absolute atomic E-state index is 12.0. The lowest BCUT2D eigenvalue weighted by Gasteiger charge is -2.40. The number of carbonyl (C=O) groups excluding carboxylic acids is 1.